The van der Waals surface area contributed by atoms with Gasteiger partial charge < -0.3 is 0 Å². The molecule has 0 radical (unpaired) electrons. The maximum absolute atomic E-state index is 11.6. The van der Waals surface area contributed by atoms with Gasteiger partial charge in [0.25, 0.3) is 0 Å². The molecule has 1 aromatic heterocycles. The van der Waals surface area contributed by atoms with Crippen LogP contribution in [0, 0.1) is 19.3 Å². The van der Waals surface area contributed by atoms with Gasteiger partial charge in [-0.05, 0) is 19.4 Å². The molecule has 72 valence electrons. The van der Waals surface area contributed by atoms with E-state index in [2.05, 4.69) is 16.1 Å². The van der Waals surface area contributed by atoms with Crippen molar-refractivity contribution in [3.63, 3.8) is 0 Å². The lowest BCUT2D eigenvalue weighted by atomic mass is 10.1. The number of rotatable bonds is 3. The summed E-state index contributed by atoms with van der Waals surface area (Å²) in [6.07, 6.45) is 5.91. The van der Waals surface area contributed by atoms with E-state index >= 15 is 0 Å². The van der Waals surface area contributed by atoms with Crippen molar-refractivity contribution in [3.05, 3.63) is 23.0 Å². The fourth-order valence-corrected chi connectivity index (χ4v) is 1.20. The Balaban J connectivity index is 3.11. The first kappa shape index (κ1) is 10.4. The van der Waals surface area contributed by atoms with E-state index in [0.29, 0.717) is 12.0 Å². The summed E-state index contributed by atoms with van der Waals surface area (Å²) in [5, 5.41) is 7.86. The van der Waals surface area contributed by atoms with Crippen molar-refractivity contribution in [1.82, 2.24) is 10.2 Å². The van der Waals surface area contributed by atoms with Gasteiger partial charge in [0.15, 0.2) is 5.78 Å². The average Bonchev–Trinajstić information content (AvgIpc) is 2.18. The summed E-state index contributed by atoms with van der Waals surface area (Å²) in [7, 11) is 0. The molecule has 0 saturated carbocycles. The second-order valence-corrected chi connectivity index (χ2v) is 3.00. The minimum absolute atomic E-state index is 0.0534. The van der Waals surface area contributed by atoms with Crippen LogP contribution in [0.15, 0.2) is 6.07 Å². The molecule has 3 nitrogen and oxygen atoms in total. The Morgan fingerprint density at radius 2 is 2.29 bits per heavy atom. The Hall–Kier alpha value is -1.69. The van der Waals surface area contributed by atoms with E-state index in [1.165, 1.54) is 0 Å². The smallest absolute Gasteiger partial charge is 0.176 e. The van der Waals surface area contributed by atoms with Gasteiger partial charge in [0, 0.05) is 5.56 Å². The third-order valence-corrected chi connectivity index (χ3v) is 1.89. The van der Waals surface area contributed by atoms with Gasteiger partial charge in [-0.1, -0.05) is 12.8 Å². The molecule has 0 unspecified atom stereocenters. The largest absolute Gasteiger partial charge is 0.293 e. The molecule has 0 aliphatic carbocycles. The minimum Gasteiger partial charge on any atom is -0.293 e. The predicted molar refractivity (Wildman–Crippen MR) is 53.9 cm³/mol. The normalized spacial score (nSPS) is 9.50. The Labute approximate surface area is 83.6 Å². The van der Waals surface area contributed by atoms with Gasteiger partial charge in [-0.3, -0.25) is 4.79 Å². The lowest BCUT2D eigenvalue weighted by molar-refractivity contribution is 0.0996. The van der Waals surface area contributed by atoms with Crippen LogP contribution in [0.2, 0.25) is 0 Å². The number of hydrogen-bond donors (Lipinski definition) is 0. The van der Waals surface area contributed by atoms with Gasteiger partial charge in [0.1, 0.15) is 0 Å². The zero-order valence-corrected chi connectivity index (χ0v) is 8.37. The fourth-order valence-electron chi connectivity index (χ4n) is 1.20. The fraction of sp³-hybridized carbons (Fsp3) is 0.364. The Kier molecular flexibility index (Phi) is 3.35. The molecule has 14 heavy (non-hydrogen) atoms. The molecule has 0 amide bonds. The van der Waals surface area contributed by atoms with Crippen molar-refractivity contribution in [2.75, 3.05) is 0 Å². The molecule has 1 aromatic rings. The predicted octanol–water partition coefficient (Wildman–Crippen LogP) is 1.55. The number of carbonyl (C=O) groups is 1. The van der Waals surface area contributed by atoms with E-state index in [-0.39, 0.29) is 12.2 Å². The molecule has 1 rings (SSSR count). The molecule has 0 bridgehead atoms. The van der Waals surface area contributed by atoms with Gasteiger partial charge in [-0.2, -0.15) is 10.2 Å². The second kappa shape index (κ2) is 4.52. The standard InChI is InChI=1S/C11H12N2O/c1-4-6-11(14)9-7-8(3)12-13-10(9)5-2/h1,7H,5-6H2,2-3H3. The number of Topliss-reactive ketones (excluding diaryl/α,β-unsaturated/α-hetero) is 1. The van der Waals surface area contributed by atoms with Crippen LogP contribution in [0.3, 0.4) is 0 Å². The quantitative estimate of drug-likeness (QED) is 0.534. The number of carbonyl (C=O) groups excluding carboxylic acids is 1. The summed E-state index contributed by atoms with van der Waals surface area (Å²) in [6.45, 7) is 3.74. The maximum atomic E-state index is 11.6. The highest BCUT2D eigenvalue weighted by molar-refractivity contribution is 5.98. The molecule has 1 heterocycles. The third-order valence-electron chi connectivity index (χ3n) is 1.89. The van der Waals surface area contributed by atoms with Crippen LogP contribution in [0.5, 0.6) is 0 Å². The van der Waals surface area contributed by atoms with Gasteiger partial charge in [-0.25, -0.2) is 0 Å². The number of nitrogens with zero attached hydrogens (tertiary/aromatic N) is 2. The van der Waals surface area contributed by atoms with Gasteiger partial charge in [-0.15, -0.1) is 6.42 Å². The highest BCUT2D eigenvalue weighted by atomic mass is 16.1. The molecule has 0 spiro atoms. The summed E-state index contributed by atoms with van der Waals surface area (Å²) in [5.74, 6) is 2.29. The number of hydrogen-bond acceptors (Lipinski definition) is 3. The molecule has 0 aromatic carbocycles. The monoisotopic (exact) mass is 188 g/mol. The lowest BCUT2D eigenvalue weighted by Gasteiger charge is -2.03. The summed E-state index contributed by atoms with van der Waals surface area (Å²) in [4.78, 5) is 11.6. The first-order valence-electron chi connectivity index (χ1n) is 4.49. The topological polar surface area (TPSA) is 42.9 Å². The van der Waals surface area contributed by atoms with E-state index < -0.39 is 0 Å². The first-order chi connectivity index (χ1) is 6.69. The number of aromatic nitrogens is 2. The SMILES string of the molecule is C#CCC(=O)c1cc(C)nnc1CC. The zero-order chi connectivity index (χ0) is 10.6. The van der Waals surface area contributed by atoms with E-state index in [4.69, 9.17) is 6.42 Å². The van der Waals surface area contributed by atoms with Gasteiger partial charge in [0.2, 0.25) is 0 Å². The maximum Gasteiger partial charge on any atom is 0.176 e. The zero-order valence-electron chi connectivity index (χ0n) is 8.37. The van der Waals surface area contributed by atoms with E-state index in [1.807, 2.05) is 6.92 Å². The first-order valence-corrected chi connectivity index (χ1v) is 4.49. The van der Waals surface area contributed by atoms with Crippen molar-refractivity contribution in [2.24, 2.45) is 0 Å². The van der Waals surface area contributed by atoms with Crippen molar-refractivity contribution in [3.8, 4) is 12.3 Å². The molecule has 0 aliphatic rings. The summed E-state index contributed by atoms with van der Waals surface area (Å²) >= 11 is 0. The summed E-state index contributed by atoms with van der Waals surface area (Å²) < 4.78 is 0. The van der Waals surface area contributed by atoms with Crippen LogP contribution in [0.25, 0.3) is 0 Å². The third kappa shape index (κ3) is 2.17. The molecule has 3 heteroatoms. The Morgan fingerprint density at radius 3 is 2.86 bits per heavy atom. The minimum atomic E-state index is -0.0534. The van der Waals surface area contributed by atoms with Crippen LogP contribution in [-0.2, 0) is 6.42 Å². The Bertz CT molecular complexity index is 391. The van der Waals surface area contributed by atoms with Crippen LogP contribution in [-0.4, -0.2) is 16.0 Å². The summed E-state index contributed by atoms with van der Waals surface area (Å²) in [6, 6.07) is 1.74. The molecule has 0 aliphatic heterocycles. The van der Waals surface area contributed by atoms with Crippen LogP contribution in [0.4, 0.5) is 0 Å². The van der Waals surface area contributed by atoms with E-state index in [9.17, 15) is 4.79 Å². The lowest BCUT2D eigenvalue weighted by Crippen LogP contribution is -2.07. The number of ketones is 1. The molecule has 0 saturated heterocycles. The number of aryl methyl sites for hydroxylation is 2. The highest BCUT2D eigenvalue weighted by Crippen LogP contribution is 2.09. The van der Waals surface area contributed by atoms with Crippen molar-refractivity contribution in [2.45, 2.75) is 26.7 Å². The molecule has 0 fully saturated rings. The van der Waals surface area contributed by atoms with Crippen LogP contribution in [0.1, 0.15) is 35.1 Å². The molecule has 0 N–H and O–H groups in total. The number of terminal acetylenes is 1. The van der Waals surface area contributed by atoms with Gasteiger partial charge in [0.05, 0.1) is 17.8 Å². The van der Waals surface area contributed by atoms with Crippen LogP contribution >= 0.6 is 0 Å². The van der Waals surface area contributed by atoms with Crippen LogP contribution < -0.4 is 0 Å². The van der Waals surface area contributed by atoms with E-state index in [1.54, 1.807) is 13.0 Å². The molecule has 0 atom stereocenters. The van der Waals surface area contributed by atoms with E-state index in [0.717, 1.165) is 11.4 Å². The van der Waals surface area contributed by atoms with Crippen molar-refractivity contribution < 1.29 is 4.79 Å². The molecular weight excluding hydrogens is 176 g/mol. The summed E-state index contributed by atoms with van der Waals surface area (Å²) in [5.41, 5.74) is 2.07. The van der Waals surface area contributed by atoms with Crippen molar-refractivity contribution in [1.29, 1.82) is 0 Å². The average molecular weight is 188 g/mol. The molecular formula is C11H12N2O. The second-order valence-electron chi connectivity index (χ2n) is 3.00. The van der Waals surface area contributed by atoms with Gasteiger partial charge >= 0.3 is 0 Å². The highest BCUT2D eigenvalue weighted by Gasteiger charge is 2.11. The Morgan fingerprint density at radius 1 is 1.57 bits per heavy atom. The van der Waals surface area contributed by atoms with Crippen molar-refractivity contribution >= 4 is 5.78 Å².